The average molecular weight is 299 g/mol. The second kappa shape index (κ2) is 8.39. The van der Waals surface area contributed by atoms with Gasteiger partial charge in [-0.2, -0.15) is 0 Å². The first-order chi connectivity index (χ1) is 9.04. The van der Waals surface area contributed by atoms with E-state index in [2.05, 4.69) is 24.5 Å². The minimum atomic E-state index is 0.394. The lowest BCUT2D eigenvalue weighted by atomic mass is 10.1. The van der Waals surface area contributed by atoms with E-state index in [0.717, 1.165) is 22.7 Å². The highest BCUT2D eigenvalue weighted by Crippen LogP contribution is 2.22. The lowest BCUT2D eigenvalue weighted by molar-refractivity contribution is 0.556. The minimum absolute atomic E-state index is 0.394. The number of benzene rings is 1. The van der Waals surface area contributed by atoms with Crippen molar-refractivity contribution in [3.05, 3.63) is 28.8 Å². The molecule has 0 bridgehead atoms. The fraction of sp³-hybridized carbons (Fsp3) is 0.533. The molecule has 0 fully saturated rings. The summed E-state index contributed by atoms with van der Waals surface area (Å²) in [7, 11) is 0. The van der Waals surface area contributed by atoms with Crippen LogP contribution in [0.4, 0.5) is 5.69 Å². The van der Waals surface area contributed by atoms with Gasteiger partial charge < -0.3 is 10.6 Å². The molecule has 0 saturated carbocycles. The van der Waals surface area contributed by atoms with Gasteiger partial charge in [0.1, 0.15) is 0 Å². The summed E-state index contributed by atoms with van der Waals surface area (Å²) >= 11 is 11.4. The van der Waals surface area contributed by atoms with Crippen molar-refractivity contribution >= 4 is 34.6 Å². The molecule has 0 spiro atoms. The minimum Gasteiger partial charge on any atom is -0.360 e. The average Bonchev–Trinajstić information content (AvgIpc) is 2.35. The highest BCUT2D eigenvalue weighted by molar-refractivity contribution is 7.80. The van der Waals surface area contributed by atoms with Gasteiger partial charge in [-0.15, -0.1) is 0 Å². The highest BCUT2D eigenvalue weighted by Gasteiger charge is 2.06. The van der Waals surface area contributed by atoms with E-state index in [1.807, 2.05) is 25.1 Å². The zero-order valence-electron chi connectivity index (χ0n) is 11.9. The molecular weight excluding hydrogens is 276 g/mol. The van der Waals surface area contributed by atoms with Crippen LogP contribution < -0.4 is 10.6 Å². The molecule has 4 heteroatoms. The van der Waals surface area contributed by atoms with Gasteiger partial charge in [-0.3, -0.25) is 0 Å². The first-order valence-corrected chi connectivity index (χ1v) is 7.65. The van der Waals surface area contributed by atoms with Crippen LogP contribution in [0.5, 0.6) is 0 Å². The molecule has 0 aromatic heterocycles. The predicted octanol–water partition coefficient (Wildman–Crippen LogP) is 4.90. The molecular formula is C15H23ClN2S. The molecule has 0 amide bonds. The molecule has 0 radical (unpaired) electrons. The molecule has 1 aromatic rings. The number of hydrogen-bond donors (Lipinski definition) is 2. The standard InChI is InChI=1S/C15H23ClN2S/c1-4-5-6-8-11(2)17-15(19)18-14-10-7-9-13(16)12(14)3/h7,9-11H,4-6,8H2,1-3H3,(H2,17,18,19). The van der Waals surface area contributed by atoms with Crippen molar-refractivity contribution in [2.24, 2.45) is 0 Å². The van der Waals surface area contributed by atoms with Gasteiger partial charge in [0.2, 0.25) is 0 Å². The van der Waals surface area contributed by atoms with Crippen LogP contribution in [-0.4, -0.2) is 11.2 Å². The monoisotopic (exact) mass is 298 g/mol. The normalized spacial score (nSPS) is 12.0. The zero-order valence-corrected chi connectivity index (χ0v) is 13.5. The Morgan fingerprint density at radius 3 is 2.79 bits per heavy atom. The van der Waals surface area contributed by atoms with Crippen molar-refractivity contribution in [1.82, 2.24) is 5.32 Å². The summed E-state index contributed by atoms with van der Waals surface area (Å²) in [6.45, 7) is 6.36. The molecule has 1 rings (SSSR count). The van der Waals surface area contributed by atoms with Crippen LogP contribution in [-0.2, 0) is 0 Å². The third-order valence-corrected chi connectivity index (χ3v) is 3.76. The van der Waals surface area contributed by atoms with E-state index in [-0.39, 0.29) is 0 Å². The summed E-state index contributed by atoms with van der Waals surface area (Å²) in [4.78, 5) is 0. The number of hydrogen-bond acceptors (Lipinski definition) is 1. The first kappa shape index (κ1) is 16.3. The molecule has 0 aliphatic carbocycles. The molecule has 2 nitrogen and oxygen atoms in total. The second-order valence-corrected chi connectivity index (χ2v) is 5.72. The molecule has 106 valence electrons. The van der Waals surface area contributed by atoms with Gasteiger partial charge in [-0.1, -0.05) is 43.9 Å². The fourth-order valence-electron chi connectivity index (χ4n) is 1.90. The third-order valence-electron chi connectivity index (χ3n) is 3.13. The summed E-state index contributed by atoms with van der Waals surface area (Å²) in [6, 6.07) is 6.18. The van der Waals surface area contributed by atoms with E-state index in [0.29, 0.717) is 11.2 Å². The third kappa shape index (κ3) is 5.79. The highest BCUT2D eigenvalue weighted by atomic mass is 35.5. The van der Waals surface area contributed by atoms with Crippen molar-refractivity contribution in [3.63, 3.8) is 0 Å². The number of thiocarbonyl (C=S) groups is 1. The molecule has 1 unspecified atom stereocenters. The molecule has 2 N–H and O–H groups in total. The molecule has 0 aliphatic rings. The summed E-state index contributed by atoms with van der Waals surface area (Å²) < 4.78 is 0. The Labute approximate surface area is 126 Å². The van der Waals surface area contributed by atoms with Crippen LogP contribution in [0.1, 0.15) is 45.1 Å². The maximum Gasteiger partial charge on any atom is 0.170 e. The topological polar surface area (TPSA) is 24.1 Å². The van der Waals surface area contributed by atoms with E-state index in [4.69, 9.17) is 23.8 Å². The summed E-state index contributed by atoms with van der Waals surface area (Å²) in [5.41, 5.74) is 1.98. The van der Waals surface area contributed by atoms with Gasteiger partial charge in [-0.25, -0.2) is 0 Å². The van der Waals surface area contributed by atoms with Crippen LogP contribution in [0, 0.1) is 6.92 Å². The van der Waals surface area contributed by atoms with Crippen molar-refractivity contribution in [2.75, 3.05) is 5.32 Å². The van der Waals surface area contributed by atoms with Gasteiger partial charge in [0.05, 0.1) is 0 Å². The van der Waals surface area contributed by atoms with E-state index >= 15 is 0 Å². The van der Waals surface area contributed by atoms with Gasteiger partial charge in [0.25, 0.3) is 0 Å². The Hall–Kier alpha value is -0.800. The van der Waals surface area contributed by atoms with Crippen molar-refractivity contribution in [2.45, 2.75) is 52.5 Å². The van der Waals surface area contributed by atoms with Gasteiger partial charge >= 0.3 is 0 Å². The smallest absolute Gasteiger partial charge is 0.170 e. The van der Waals surface area contributed by atoms with Crippen LogP contribution in [0.15, 0.2) is 18.2 Å². The first-order valence-electron chi connectivity index (χ1n) is 6.87. The summed E-state index contributed by atoms with van der Waals surface area (Å²) in [6.07, 6.45) is 4.91. The van der Waals surface area contributed by atoms with E-state index in [1.54, 1.807) is 0 Å². The SMILES string of the molecule is CCCCCC(C)NC(=S)Nc1cccc(Cl)c1C. The largest absolute Gasteiger partial charge is 0.360 e. The number of anilines is 1. The van der Waals surface area contributed by atoms with Gasteiger partial charge in [-0.05, 0) is 50.2 Å². The molecule has 1 atom stereocenters. The summed E-state index contributed by atoms with van der Waals surface area (Å²) in [5.74, 6) is 0. The van der Waals surface area contributed by atoms with Crippen LogP contribution in [0.3, 0.4) is 0 Å². The lowest BCUT2D eigenvalue weighted by Gasteiger charge is -2.18. The zero-order chi connectivity index (χ0) is 14.3. The van der Waals surface area contributed by atoms with Gasteiger partial charge in [0, 0.05) is 16.8 Å². The molecule has 19 heavy (non-hydrogen) atoms. The fourth-order valence-corrected chi connectivity index (χ4v) is 2.38. The van der Waals surface area contributed by atoms with Crippen LogP contribution >= 0.6 is 23.8 Å². The Bertz CT molecular complexity index is 421. The lowest BCUT2D eigenvalue weighted by Crippen LogP contribution is -2.36. The molecule has 0 aliphatic heterocycles. The van der Waals surface area contributed by atoms with E-state index in [1.165, 1.54) is 19.3 Å². The maximum absolute atomic E-state index is 6.08. The Kier molecular flexibility index (Phi) is 7.17. The quantitative estimate of drug-likeness (QED) is 0.577. The maximum atomic E-state index is 6.08. The predicted molar refractivity (Wildman–Crippen MR) is 89.1 cm³/mol. The van der Waals surface area contributed by atoms with Crippen LogP contribution in [0.25, 0.3) is 0 Å². The number of halogens is 1. The number of nitrogens with one attached hydrogen (secondary N) is 2. The Morgan fingerprint density at radius 1 is 1.37 bits per heavy atom. The Morgan fingerprint density at radius 2 is 2.11 bits per heavy atom. The van der Waals surface area contributed by atoms with Crippen molar-refractivity contribution in [1.29, 1.82) is 0 Å². The van der Waals surface area contributed by atoms with Crippen LogP contribution in [0.2, 0.25) is 5.02 Å². The molecule has 1 aromatic carbocycles. The number of unbranched alkanes of at least 4 members (excludes halogenated alkanes) is 2. The molecule has 0 saturated heterocycles. The number of rotatable bonds is 6. The van der Waals surface area contributed by atoms with Crippen molar-refractivity contribution < 1.29 is 0 Å². The van der Waals surface area contributed by atoms with Gasteiger partial charge in [0.15, 0.2) is 5.11 Å². The van der Waals surface area contributed by atoms with E-state index in [9.17, 15) is 0 Å². The summed E-state index contributed by atoms with van der Waals surface area (Å²) in [5, 5.41) is 7.93. The van der Waals surface area contributed by atoms with E-state index < -0.39 is 0 Å². The molecule has 0 heterocycles. The Balaban J connectivity index is 2.44. The second-order valence-electron chi connectivity index (χ2n) is 4.91. The van der Waals surface area contributed by atoms with Crippen molar-refractivity contribution in [3.8, 4) is 0 Å².